The van der Waals surface area contributed by atoms with E-state index in [0.717, 1.165) is 25.0 Å². The van der Waals surface area contributed by atoms with Crippen molar-refractivity contribution in [2.45, 2.75) is 39.2 Å². The smallest absolute Gasteiger partial charge is 0.119 e. The lowest BCUT2D eigenvalue weighted by Crippen LogP contribution is -2.20. The number of hydrogen-bond acceptors (Lipinski definition) is 3. The van der Waals surface area contributed by atoms with Gasteiger partial charge in [-0.05, 0) is 60.4 Å². The summed E-state index contributed by atoms with van der Waals surface area (Å²) < 4.78 is 5.39. The van der Waals surface area contributed by atoms with Gasteiger partial charge in [-0.15, -0.1) is 0 Å². The summed E-state index contributed by atoms with van der Waals surface area (Å²) in [5, 5.41) is 10.2. The number of fused-ring (bicyclic) bond motifs is 1. The summed E-state index contributed by atoms with van der Waals surface area (Å²) in [5.74, 6) is 0.889. The van der Waals surface area contributed by atoms with Crippen LogP contribution in [0.15, 0.2) is 40.3 Å². The highest BCUT2D eigenvalue weighted by molar-refractivity contribution is 14.2. The van der Waals surface area contributed by atoms with E-state index in [9.17, 15) is 5.11 Å². The number of ether oxygens (including phenoxy) is 1. The van der Waals surface area contributed by atoms with Gasteiger partial charge in [0.15, 0.2) is 0 Å². The highest BCUT2D eigenvalue weighted by Gasteiger charge is 2.43. The minimum atomic E-state index is -0.194. The van der Waals surface area contributed by atoms with Crippen LogP contribution in [0.1, 0.15) is 38.7 Å². The second-order valence-corrected chi connectivity index (χ2v) is 8.48. The Hall–Kier alpha value is -0.460. The van der Waals surface area contributed by atoms with Crippen LogP contribution in [-0.4, -0.2) is 18.3 Å². The van der Waals surface area contributed by atoms with Crippen LogP contribution in [0.3, 0.4) is 0 Å². The van der Waals surface area contributed by atoms with E-state index in [1.165, 1.54) is 27.2 Å². The average Bonchev–Trinajstić information content (AvgIpc) is 2.81. The fourth-order valence-electron chi connectivity index (χ4n) is 4.01. The second kappa shape index (κ2) is 6.21. The van der Waals surface area contributed by atoms with Crippen LogP contribution in [-0.2, 0) is 0 Å². The number of aliphatic hydroxyl groups excluding tert-OH is 1. The molecule has 4 heteroatoms. The van der Waals surface area contributed by atoms with Crippen molar-refractivity contribution in [3.8, 4) is 5.75 Å². The van der Waals surface area contributed by atoms with E-state index in [0.29, 0.717) is 0 Å². The lowest BCUT2D eigenvalue weighted by Gasteiger charge is -2.35. The number of hydrogen-bond donors (Lipinski definition) is 1. The highest BCUT2D eigenvalue weighted by atomic mass is 127. The van der Waals surface area contributed by atoms with E-state index in [2.05, 4.69) is 47.2 Å². The number of allylic oxidation sites excluding steroid dienone is 3. The molecule has 1 saturated carbocycles. The maximum Gasteiger partial charge on any atom is 0.119 e. The molecule has 0 spiro atoms. The van der Waals surface area contributed by atoms with Gasteiger partial charge in [-0.3, -0.25) is 0 Å². The summed E-state index contributed by atoms with van der Waals surface area (Å²) in [6.07, 6.45) is 2.53. The van der Waals surface area contributed by atoms with Crippen molar-refractivity contribution in [3.05, 3.63) is 45.9 Å². The fourth-order valence-corrected chi connectivity index (χ4v) is 5.86. The molecular formula is C18H21IO2S. The Kier molecular flexibility index (Phi) is 4.63. The Morgan fingerprint density at radius 2 is 2.18 bits per heavy atom. The van der Waals surface area contributed by atoms with Crippen LogP contribution in [0, 0.1) is 5.41 Å². The van der Waals surface area contributed by atoms with Crippen molar-refractivity contribution < 1.29 is 9.84 Å². The molecule has 0 radical (unpaired) electrons. The first-order chi connectivity index (χ1) is 10.5. The Labute approximate surface area is 148 Å². The van der Waals surface area contributed by atoms with E-state index in [4.69, 9.17) is 4.74 Å². The first-order valence-electron chi connectivity index (χ1n) is 7.53. The van der Waals surface area contributed by atoms with Gasteiger partial charge in [0.25, 0.3) is 0 Å². The van der Waals surface area contributed by atoms with Crippen LogP contribution in [0.2, 0.25) is 0 Å². The number of aliphatic hydroxyl groups is 1. The molecule has 22 heavy (non-hydrogen) atoms. The topological polar surface area (TPSA) is 29.5 Å². The third kappa shape index (κ3) is 2.74. The first-order valence-corrected chi connectivity index (χ1v) is 10.9. The summed E-state index contributed by atoms with van der Waals surface area (Å²) in [6.45, 7) is 4.52. The summed E-state index contributed by atoms with van der Waals surface area (Å²) in [7, 11) is 3.51. The van der Waals surface area contributed by atoms with Crippen molar-refractivity contribution >= 4 is 35.7 Å². The average molecular weight is 428 g/mol. The van der Waals surface area contributed by atoms with E-state index < -0.39 is 0 Å². The molecule has 0 amide bonds. The van der Waals surface area contributed by atoms with Gasteiger partial charge in [0.1, 0.15) is 5.75 Å². The number of rotatable bonds is 3. The Morgan fingerprint density at radius 3 is 2.86 bits per heavy atom. The third-order valence-electron chi connectivity index (χ3n) is 4.96. The zero-order valence-electron chi connectivity index (χ0n) is 13.1. The Morgan fingerprint density at radius 1 is 1.41 bits per heavy atom. The first kappa shape index (κ1) is 16.4. The lowest BCUT2D eigenvalue weighted by molar-refractivity contribution is 0.164. The number of benzene rings is 1. The van der Waals surface area contributed by atoms with Crippen LogP contribution < -0.4 is 4.74 Å². The lowest BCUT2D eigenvalue weighted by atomic mass is 9.72. The molecule has 0 aliphatic heterocycles. The minimum Gasteiger partial charge on any atom is -0.497 e. The van der Waals surface area contributed by atoms with Crippen molar-refractivity contribution in [1.29, 1.82) is 0 Å². The molecule has 0 heterocycles. The quantitative estimate of drug-likeness (QED) is 0.657. The predicted molar refractivity (Wildman–Crippen MR) is 102 cm³/mol. The van der Waals surface area contributed by atoms with Crippen molar-refractivity contribution in [1.82, 2.24) is 0 Å². The standard InChI is InChI=1S/C18H21IO2S/c1-11-15-8-13(20)9-18(15,2)10-16(22-19)17(11)12-5-4-6-14(7-12)21-3/h4-7,13,20H,8-10H2,1-3H3/t13-,18+/m0/s1. The van der Waals surface area contributed by atoms with Crippen LogP contribution in [0.5, 0.6) is 5.75 Å². The second-order valence-electron chi connectivity index (χ2n) is 6.51. The minimum absolute atomic E-state index is 0.124. The molecule has 2 aliphatic carbocycles. The molecule has 3 rings (SSSR count). The maximum absolute atomic E-state index is 10.2. The summed E-state index contributed by atoms with van der Waals surface area (Å²) >= 11 is 2.38. The molecule has 0 saturated heterocycles. The molecule has 2 aliphatic rings. The van der Waals surface area contributed by atoms with Crippen molar-refractivity contribution in [3.63, 3.8) is 0 Å². The maximum atomic E-state index is 10.2. The number of halogens is 1. The molecule has 2 nitrogen and oxygen atoms in total. The predicted octanol–water partition coefficient (Wildman–Crippen LogP) is 5.37. The molecule has 118 valence electrons. The normalized spacial score (nSPS) is 28.1. The van der Waals surface area contributed by atoms with Gasteiger partial charge < -0.3 is 9.84 Å². The third-order valence-corrected chi connectivity index (χ3v) is 7.09. The van der Waals surface area contributed by atoms with E-state index in [1.54, 1.807) is 7.11 Å². The summed E-state index contributed by atoms with van der Waals surface area (Å²) in [5.41, 5.74) is 5.45. The zero-order chi connectivity index (χ0) is 15.9. The largest absolute Gasteiger partial charge is 0.497 e. The highest BCUT2D eigenvalue weighted by Crippen LogP contribution is 2.57. The van der Waals surface area contributed by atoms with E-state index in [1.807, 2.05) is 21.1 Å². The zero-order valence-corrected chi connectivity index (χ0v) is 16.1. The molecular weight excluding hydrogens is 407 g/mol. The molecule has 1 aromatic carbocycles. The van der Waals surface area contributed by atoms with Crippen LogP contribution >= 0.6 is 30.1 Å². The van der Waals surface area contributed by atoms with Crippen LogP contribution in [0.4, 0.5) is 0 Å². The fraction of sp³-hybridized carbons (Fsp3) is 0.444. The number of methoxy groups -OCH3 is 1. The Balaban J connectivity index is 2.14. The summed E-state index contributed by atoms with van der Waals surface area (Å²) in [4.78, 5) is 1.41. The van der Waals surface area contributed by atoms with Gasteiger partial charge in [0, 0.05) is 26.1 Å². The van der Waals surface area contributed by atoms with Gasteiger partial charge >= 0.3 is 0 Å². The van der Waals surface area contributed by atoms with Crippen molar-refractivity contribution in [2.24, 2.45) is 5.41 Å². The monoisotopic (exact) mass is 428 g/mol. The van der Waals surface area contributed by atoms with Gasteiger partial charge in [0.05, 0.1) is 13.2 Å². The van der Waals surface area contributed by atoms with Gasteiger partial charge in [-0.25, -0.2) is 0 Å². The summed E-state index contributed by atoms with van der Waals surface area (Å²) in [6, 6.07) is 8.30. The van der Waals surface area contributed by atoms with Crippen molar-refractivity contribution in [2.75, 3.05) is 7.11 Å². The molecule has 0 bridgehead atoms. The molecule has 1 N–H and O–H groups in total. The van der Waals surface area contributed by atoms with E-state index in [-0.39, 0.29) is 11.5 Å². The van der Waals surface area contributed by atoms with Gasteiger partial charge in [0.2, 0.25) is 0 Å². The van der Waals surface area contributed by atoms with Gasteiger partial charge in [-0.2, -0.15) is 0 Å². The molecule has 0 aromatic heterocycles. The molecule has 2 atom stereocenters. The Bertz CT molecular complexity index is 665. The van der Waals surface area contributed by atoms with E-state index >= 15 is 0 Å². The molecule has 1 aromatic rings. The SMILES string of the molecule is COc1cccc(C2=C(SI)C[C@@]3(C)C[C@@H](O)CC3=C2C)c1. The molecule has 0 unspecified atom stereocenters. The van der Waals surface area contributed by atoms with Crippen LogP contribution in [0.25, 0.3) is 5.57 Å². The molecule has 1 fully saturated rings. The van der Waals surface area contributed by atoms with Gasteiger partial charge in [-0.1, -0.05) is 33.6 Å².